The monoisotopic (exact) mass is 1300 g/mol. The van der Waals surface area contributed by atoms with Gasteiger partial charge in [-0.2, -0.15) is 0 Å². The first-order chi connectivity index (χ1) is 50.5. The lowest BCUT2D eigenvalue weighted by atomic mass is 9.99. The summed E-state index contributed by atoms with van der Waals surface area (Å²) in [5.74, 6) is 3.37. The Morgan fingerprint density at radius 2 is 0.520 bits per heavy atom. The fraction of sp³-hybridized carbons (Fsp3) is 0. The molecule has 0 aliphatic carbocycles. The standard InChI is InChI=1S/2C46H28N4O/c1-3-11-29(12-4-1)31-19-22-32(23-20-31)42-43-41(38-26-35-17-9-10-18-36(35)27-40(38)51-43)39(28-47-42)46-49-44(33-14-5-2-6-15-33)48-45(50-46)37-24-21-30-13-7-8-16-34(30)25-37;1-3-11-29(12-4-1)31-19-22-32(23-20-31)39-28-47-42(41-38-26-35-17-9-10-18-36(35)27-40(38)51-43(39)41)46-49-44(33-14-5-2-6-15-33)48-45(50-46)37-24-21-30-13-7-8-16-34(30)25-37/h2*1-28H. The van der Waals surface area contributed by atoms with Gasteiger partial charge in [0.1, 0.15) is 28.1 Å². The summed E-state index contributed by atoms with van der Waals surface area (Å²) in [7, 11) is 0. The smallest absolute Gasteiger partial charge is 0.183 e. The van der Waals surface area contributed by atoms with E-state index in [2.05, 4.69) is 224 Å². The molecule has 20 rings (SSSR count). The van der Waals surface area contributed by atoms with Gasteiger partial charge in [-0.05, 0) is 107 Å². The van der Waals surface area contributed by atoms with Gasteiger partial charge < -0.3 is 8.83 Å². The van der Waals surface area contributed by atoms with Crippen molar-refractivity contribution in [1.29, 1.82) is 0 Å². The van der Waals surface area contributed by atoms with Gasteiger partial charge in [0.25, 0.3) is 0 Å². The van der Waals surface area contributed by atoms with Gasteiger partial charge in [0.05, 0.1) is 5.39 Å². The maximum absolute atomic E-state index is 6.79. The van der Waals surface area contributed by atoms with Crippen LogP contribution in [0.4, 0.5) is 0 Å². The van der Waals surface area contributed by atoms with Crippen molar-refractivity contribution in [2.75, 3.05) is 0 Å². The molecule has 14 aromatic carbocycles. The van der Waals surface area contributed by atoms with Gasteiger partial charge >= 0.3 is 0 Å². The number of nitrogens with zero attached hydrogens (tertiary/aromatic N) is 8. The van der Waals surface area contributed by atoms with E-state index in [1.165, 1.54) is 11.1 Å². The normalized spacial score (nSPS) is 11.5. The molecule has 20 aromatic rings. The highest BCUT2D eigenvalue weighted by Crippen LogP contribution is 2.45. The maximum Gasteiger partial charge on any atom is 0.183 e. The number of fused-ring (bicyclic) bond motifs is 10. The Morgan fingerprint density at radius 3 is 1.00 bits per heavy atom. The number of pyridine rings is 2. The minimum Gasteiger partial charge on any atom is -0.455 e. The van der Waals surface area contributed by atoms with Crippen LogP contribution in [0.15, 0.2) is 349 Å². The van der Waals surface area contributed by atoms with Crippen molar-refractivity contribution in [3.05, 3.63) is 340 Å². The van der Waals surface area contributed by atoms with Crippen LogP contribution >= 0.6 is 0 Å². The van der Waals surface area contributed by atoms with Crippen LogP contribution in [-0.2, 0) is 0 Å². The van der Waals surface area contributed by atoms with E-state index in [1.807, 2.05) is 116 Å². The summed E-state index contributed by atoms with van der Waals surface area (Å²) in [5, 5.41) is 12.8. The van der Waals surface area contributed by atoms with Crippen LogP contribution in [0.3, 0.4) is 0 Å². The summed E-state index contributed by atoms with van der Waals surface area (Å²) < 4.78 is 13.6. The second-order valence-corrected chi connectivity index (χ2v) is 25.4. The Balaban J connectivity index is 0.000000141. The molecule has 0 amide bonds. The van der Waals surface area contributed by atoms with Crippen LogP contribution in [0.5, 0.6) is 0 Å². The number of aromatic nitrogens is 8. The van der Waals surface area contributed by atoms with Crippen molar-refractivity contribution in [3.8, 4) is 113 Å². The van der Waals surface area contributed by atoms with Crippen LogP contribution in [0.2, 0.25) is 0 Å². The van der Waals surface area contributed by atoms with Crippen LogP contribution < -0.4 is 0 Å². The van der Waals surface area contributed by atoms with Crippen LogP contribution in [0, 0.1) is 0 Å². The molecule has 10 nitrogen and oxygen atoms in total. The quantitative estimate of drug-likeness (QED) is 0.130. The van der Waals surface area contributed by atoms with E-state index in [0.717, 1.165) is 143 Å². The second-order valence-electron chi connectivity index (χ2n) is 25.4. The van der Waals surface area contributed by atoms with Crippen molar-refractivity contribution in [2.24, 2.45) is 0 Å². The SMILES string of the molecule is c1ccc(-c2ccc(-c3cnc(-c4nc(-c5ccccc5)nc(-c5ccc6ccccc6c5)n4)c4c3oc3cc5ccccc5cc34)cc2)cc1.c1ccc(-c2ccc(-c3ncc(-c4nc(-c5ccccc5)nc(-c5ccc6ccccc6c5)n4)c4c3oc3cc5ccccc5cc34)cc2)cc1. The minimum atomic E-state index is 0.485. The van der Waals surface area contributed by atoms with Crippen molar-refractivity contribution >= 4 is 87.0 Å². The number of furan rings is 2. The largest absolute Gasteiger partial charge is 0.455 e. The number of hydrogen-bond donors (Lipinski definition) is 0. The van der Waals surface area contributed by atoms with E-state index in [0.29, 0.717) is 46.2 Å². The zero-order valence-electron chi connectivity index (χ0n) is 54.7. The minimum absolute atomic E-state index is 0.485. The predicted molar refractivity (Wildman–Crippen MR) is 414 cm³/mol. The molecule has 10 heteroatoms. The molecule has 0 unspecified atom stereocenters. The predicted octanol–water partition coefficient (Wildman–Crippen LogP) is 23.6. The molecule has 0 bridgehead atoms. The first-order valence-corrected chi connectivity index (χ1v) is 33.9. The molecule has 0 saturated heterocycles. The van der Waals surface area contributed by atoms with Gasteiger partial charge in [-0.15, -0.1) is 0 Å². The molecule has 102 heavy (non-hydrogen) atoms. The molecular formula is C92H56N8O2. The molecule has 0 fully saturated rings. The van der Waals surface area contributed by atoms with Gasteiger partial charge in [-0.25, -0.2) is 29.9 Å². The third kappa shape index (κ3) is 11.0. The lowest BCUT2D eigenvalue weighted by Gasteiger charge is -2.11. The summed E-state index contributed by atoms with van der Waals surface area (Å²) in [4.78, 5) is 40.7. The zero-order valence-corrected chi connectivity index (χ0v) is 54.7. The Bertz CT molecular complexity index is 6200. The molecular weight excluding hydrogens is 1250 g/mol. The number of rotatable bonds is 10. The molecule has 6 aromatic heterocycles. The summed E-state index contributed by atoms with van der Waals surface area (Å²) >= 11 is 0. The number of benzene rings is 14. The fourth-order valence-corrected chi connectivity index (χ4v) is 13.9. The molecule has 0 radical (unpaired) electrons. The van der Waals surface area contributed by atoms with Crippen molar-refractivity contribution in [3.63, 3.8) is 0 Å². The van der Waals surface area contributed by atoms with Gasteiger partial charge in [-0.3, -0.25) is 9.97 Å². The summed E-state index contributed by atoms with van der Waals surface area (Å²) in [6, 6.07) is 113. The van der Waals surface area contributed by atoms with E-state index in [9.17, 15) is 0 Å². The fourth-order valence-electron chi connectivity index (χ4n) is 13.9. The Morgan fingerprint density at radius 1 is 0.196 bits per heavy atom. The Kier molecular flexibility index (Phi) is 14.6. The Labute approximate surface area is 585 Å². The molecule has 6 heterocycles. The van der Waals surface area contributed by atoms with Crippen molar-refractivity contribution in [1.82, 2.24) is 39.9 Å². The zero-order chi connectivity index (χ0) is 67.5. The van der Waals surface area contributed by atoms with E-state index >= 15 is 0 Å². The summed E-state index contributed by atoms with van der Waals surface area (Å²) in [6.45, 7) is 0. The lowest BCUT2D eigenvalue weighted by molar-refractivity contribution is 0.668. The third-order valence-corrected chi connectivity index (χ3v) is 19.1. The average Bonchev–Trinajstić information content (AvgIpc) is 1.57. The van der Waals surface area contributed by atoms with Crippen molar-refractivity contribution in [2.45, 2.75) is 0 Å². The van der Waals surface area contributed by atoms with Crippen LogP contribution in [0.1, 0.15) is 0 Å². The molecule has 0 aliphatic rings. The van der Waals surface area contributed by atoms with Gasteiger partial charge in [0.2, 0.25) is 0 Å². The van der Waals surface area contributed by atoms with E-state index < -0.39 is 0 Å². The van der Waals surface area contributed by atoms with Crippen molar-refractivity contribution < 1.29 is 8.83 Å². The molecule has 0 aliphatic heterocycles. The Hall–Kier alpha value is -14.0. The lowest BCUT2D eigenvalue weighted by Crippen LogP contribution is -2.02. The summed E-state index contributed by atoms with van der Waals surface area (Å²) in [6.07, 6.45) is 3.78. The molecule has 0 saturated carbocycles. The first-order valence-electron chi connectivity index (χ1n) is 33.9. The van der Waals surface area contributed by atoms with E-state index in [4.69, 9.17) is 48.7 Å². The topological polar surface area (TPSA) is 129 Å². The maximum atomic E-state index is 6.79. The highest BCUT2D eigenvalue weighted by molar-refractivity contribution is 6.19. The third-order valence-electron chi connectivity index (χ3n) is 19.1. The van der Waals surface area contributed by atoms with Gasteiger partial charge in [0.15, 0.2) is 40.5 Å². The first kappa shape index (κ1) is 59.3. The molecule has 0 N–H and O–H groups in total. The number of hydrogen-bond acceptors (Lipinski definition) is 10. The second kappa shape index (κ2) is 25.2. The van der Waals surface area contributed by atoms with Gasteiger partial charge in [-0.1, -0.05) is 291 Å². The van der Waals surface area contributed by atoms with E-state index in [1.54, 1.807) is 0 Å². The molecule has 0 spiro atoms. The van der Waals surface area contributed by atoms with E-state index in [-0.39, 0.29) is 0 Å². The highest BCUT2D eigenvalue weighted by atomic mass is 16.3. The van der Waals surface area contributed by atoms with Crippen LogP contribution in [0.25, 0.3) is 200 Å². The highest BCUT2D eigenvalue weighted by Gasteiger charge is 2.25. The average molecular weight is 1310 g/mol. The molecule has 0 atom stereocenters. The molecule has 476 valence electrons. The summed E-state index contributed by atoms with van der Waals surface area (Å²) in [5.41, 5.74) is 16.3. The van der Waals surface area contributed by atoms with Crippen LogP contribution in [-0.4, -0.2) is 39.9 Å². The van der Waals surface area contributed by atoms with Gasteiger partial charge in [0, 0.05) is 67.5 Å².